The molecule has 0 heterocycles. The van der Waals surface area contributed by atoms with Crippen molar-refractivity contribution in [2.45, 2.75) is 51.9 Å². The van der Waals surface area contributed by atoms with Crippen LogP contribution in [-0.2, 0) is 25.7 Å². The predicted molar refractivity (Wildman–Crippen MR) is 147 cm³/mol. The number of allylic oxidation sites excluding steroid dienone is 2. The molecule has 0 nitrogen and oxygen atoms in total. The summed E-state index contributed by atoms with van der Waals surface area (Å²) < 4.78 is 0. The van der Waals surface area contributed by atoms with Gasteiger partial charge in [0.15, 0.2) is 0 Å². The Bertz CT molecular complexity index is 1150. The number of rotatable bonds is 10. The van der Waals surface area contributed by atoms with Crippen molar-refractivity contribution in [2.24, 2.45) is 0 Å². The van der Waals surface area contributed by atoms with Gasteiger partial charge >= 0.3 is 0 Å². The molecule has 0 saturated heterocycles. The van der Waals surface area contributed by atoms with Gasteiger partial charge in [0.2, 0.25) is 0 Å². The molecule has 0 aliphatic heterocycles. The molecule has 0 amide bonds. The molecule has 0 radical (unpaired) electrons. The summed E-state index contributed by atoms with van der Waals surface area (Å²) in [5, 5.41) is 0. The van der Waals surface area contributed by atoms with Gasteiger partial charge in [-0.05, 0) is 83.9 Å². The standard InChI is InChI=1S/C34H36/c1-3-4-6-9-28-12-14-29(15-13-28)16-17-30-18-22-33(23-19-30)34-24-20-31(21-25-34)26-27(2)32-10-7-5-8-11-32/h3-5,7-8,10-15,18-25,27H,6,9,16-17,26H2,1-2H3/b4-3+/t27-/m0/s1. The Morgan fingerprint density at radius 2 is 1.03 bits per heavy atom. The monoisotopic (exact) mass is 444 g/mol. The first-order valence-corrected chi connectivity index (χ1v) is 12.6. The highest BCUT2D eigenvalue weighted by molar-refractivity contribution is 5.64. The molecule has 0 heteroatoms. The third-order valence-corrected chi connectivity index (χ3v) is 6.71. The summed E-state index contributed by atoms with van der Waals surface area (Å²) in [7, 11) is 0. The first-order valence-electron chi connectivity index (χ1n) is 12.6. The second kappa shape index (κ2) is 12.2. The summed E-state index contributed by atoms with van der Waals surface area (Å²) in [6.45, 7) is 4.39. The van der Waals surface area contributed by atoms with Crippen LogP contribution in [0.3, 0.4) is 0 Å². The first-order chi connectivity index (χ1) is 16.7. The van der Waals surface area contributed by atoms with Crippen molar-refractivity contribution in [3.05, 3.63) is 143 Å². The van der Waals surface area contributed by atoms with Crippen LogP contribution in [0.2, 0.25) is 0 Å². The fourth-order valence-corrected chi connectivity index (χ4v) is 4.53. The zero-order valence-corrected chi connectivity index (χ0v) is 20.6. The minimum atomic E-state index is 0.528. The Labute approximate surface area is 206 Å². The average Bonchev–Trinajstić information content (AvgIpc) is 2.90. The highest BCUT2D eigenvalue weighted by Crippen LogP contribution is 2.24. The Kier molecular flexibility index (Phi) is 8.52. The third kappa shape index (κ3) is 6.81. The molecule has 4 aromatic carbocycles. The normalized spacial score (nSPS) is 12.2. The lowest BCUT2D eigenvalue weighted by molar-refractivity contribution is 0.759. The van der Waals surface area contributed by atoms with Gasteiger partial charge in [-0.2, -0.15) is 0 Å². The highest BCUT2D eigenvalue weighted by Gasteiger charge is 2.07. The van der Waals surface area contributed by atoms with Crippen molar-refractivity contribution in [3.8, 4) is 11.1 Å². The fourth-order valence-electron chi connectivity index (χ4n) is 4.53. The molecular formula is C34H36. The molecule has 0 aliphatic rings. The van der Waals surface area contributed by atoms with Crippen LogP contribution in [0.1, 0.15) is 54.0 Å². The van der Waals surface area contributed by atoms with Gasteiger partial charge in [-0.25, -0.2) is 0 Å². The lowest BCUT2D eigenvalue weighted by Gasteiger charge is -2.12. The Morgan fingerprint density at radius 3 is 1.56 bits per heavy atom. The lowest BCUT2D eigenvalue weighted by Crippen LogP contribution is -1.98. The van der Waals surface area contributed by atoms with E-state index in [0.29, 0.717) is 5.92 Å². The van der Waals surface area contributed by atoms with Gasteiger partial charge in [-0.3, -0.25) is 0 Å². The van der Waals surface area contributed by atoms with E-state index in [9.17, 15) is 0 Å². The molecule has 4 rings (SSSR count). The van der Waals surface area contributed by atoms with Gasteiger partial charge in [0.25, 0.3) is 0 Å². The van der Waals surface area contributed by atoms with Crippen molar-refractivity contribution in [2.75, 3.05) is 0 Å². The maximum atomic E-state index is 2.31. The van der Waals surface area contributed by atoms with Crippen molar-refractivity contribution in [1.82, 2.24) is 0 Å². The highest BCUT2D eigenvalue weighted by atomic mass is 14.1. The summed E-state index contributed by atoms with van der Waals surface area (Å²) in [5.74, 6) is 0.528. The second-order valence-corrected chi connectivity index (χ2v) is 9.33. The van der Waals surface area contributed by atoms with E-state index in [1.54, 1.807) is 0 Å². The SMILES string of the molecule is C/C=C/CCc1ccc(CCc2ccc(-c3ccc(C[C@H](C)c4ccccc4)cc3)cc2)cc1. The van der Waals surface area contributed by atoms with Crippen LogP contribution in [0, 0.1) is 0 Å². The van der Waals surface area contributed by atoms with Gasteiger partial charge in [0.1, 0.15) is 0 Å². The smallest absolute Gasteiger partial charge is 0.0150 e. The van der Waals surface area contributed by atoms with E-state index in [0.717, 1.165) is 32.1 Å². The Balaban J connectivity index is 1.30. The van der Waals surface area contributed by atoms with E-state index in [1.165, 1.54) is 38.9 Å². The molecule has 0 spiro atoms. The predicted octanol–water partition coefficient (Wildman–Crippen LogP) is 8.99. The molecule has 0 saturated carbocycles. The van der Waals surface area contributed by atoms with Gasteiger partial charge in [0.05, 0.1) is 0 Å². The fraction of sp³-hybridized carbons (Fsp3) is 0.235. The van der Waals surface area contributed by atoms with Gasteiger partial charge in [-0.15, -0.1) is 0 Å². The number of benzene rings is 4. The molecule has 0 aromatic heterocycles. The number of aryl methyl sites for hydroxylation is 3. The lowest BCUT2D eigenvalue weighted by atomic mass is 9.92. The quantitative estimate of drug-likeness (QED) is 0.214. The Hall–Kier alpha value is -3.38. The summed E-state index contributed by atoms with van der Waals surface area (Å²) >= 11 is 0. The van der Waals surface area contributed by atoms with Crippen molar-refractivity contribution >= 4 is 0 Å². The zero-order valence-electron chi connectivity index (χ0n) is 20.6. The zero-order chi connectivity index (χ0) is 23.6. The molecule has 34 heavy (non-hydrogen) atoms. The van der Waals surface area contributed by atoms with Crippen LogP contribution in [0.25, 0.3) is 11.1 Å². The average molecular weight is 445 g/mol. The number of hydrogen-bond acceptors (Lipinski definition) is 0. The van der Waals surface area contributed by atoms with Crippen molar-refractivity contribution < 1.29 is 0 Å². The van der Waals surface area contributed by atoms with Crippen LogP contribution in [0.15, 0.2) is 115 Å². The minimum absolute atomic E-state index is 0.528. The van der Waals surface area contributed by atoms with Crippen molar-refractivity contribution in [3.63, 3.8) is 0 Å². The molecule has 0 fully saturated rings. The van der Waals surface area contributed by atoms with Crippen LogP contribution in [0.4, 0.5) is 0 Å². The summed E-state index contributed by atoms with van der Waals surface area (Å²) in [5.41, 5.74) is 9.61. The summed E-state index contributed by atoms with van der Waals surface area (Å²) in [4.78, 5) is 0. The van der Waals surface area contributed by atoms with Gasteiger partial charge < -0.3 is 0 Å². The second-order valence-electron chi connectivity index (χ2n) is 9.33. The Morgan fingerprint density at radius 1 is 0.559 bits per heavy atom. The maximum Gasteiger partial charge on any atom is -0.0150 e. The molecule has 4 aromatic rings. The molecule has 1 atom stereocenters. The molecule has 0 aliphatic carbocycles. The van der Waals surface area contributed by atoms with Gasteiger partial charge in [0, 0.05) is 0 Å². The first kappa shape index (κ1) is 23.8. The largest absolute Gasteiger partial charge is 0.0917 e. The summed E-state index contributed by atoms with van der Waals surface area (Å²) in [6, 6.07) is 38.1. The van der Waals surface area contributed by atoms with Crippen LogP contribution >= 0.6 is 0 Å². The molecule has 172 valence electrons. The van der Waals surface area contributed by atoms with Crippen LogP contribution in [0.5, 0.6) is 0 Å². The third-order valence-electron chi connectivity index (χ3n) is 6.71. The van der Waals surface area contributed by atoms with E-state index in [4.69, 9.17) is 0 Å². The molecule has 0 N–H and O–H groups in total. The van der Waals surface area contributed by atoms with E-state index in [2.05, 4.69) is 129 Å². The van der Waals surface area contributed by atoms with E-state index in [1.807, 2.05) is 0 Å². The van der Waals surface area contributed by atoms with Crippen LogP contribution < -0.4 is 0 Å². The summed E-state index contributed by atoms with van der Waals surface area (Å²) in [6.07, 6.45) is 9.84. The van der Waals surface area contributed by atoms with E-state index < -0.39 is 0 Å². The van der Waals surface area contributed by atoms with E-state index >= 15 is 0 Å². The van der Waals surface area contributed by atoms with Gasteiger partial charge in [-0.1, -0.05) is 122 Å². The van der Waals surface area contributed by atoms with E-state index in [-0.39, 0.29) is 0 Å². The maximum absolute atomic E-state index is 2.31. The molecule has 0 unspecified atom stereocenters. The molecule has 0 bridgehead atoms. The van der Waals surface area contributed by atoms with Crippen LogP contribution in [-0.4, -0.2) is 0 Å². The molecular weight excluding hydrogens is 408 g/mol. The number of hydrogen-bond donors (Lipinski definition) is 0. The van der Waals surface area contributed by atoms with Crippen molar-refractivity contribution in [1.29, 1.82) is 0 Å². The minimum Gasteiger partial charge on any atom is -0.0917 e. The topological polar surface area (TPSA) is 0 Å².